The Labute approximate surface area is 189 Å². The van der Waals surface area contributed by atoms with Crippen LogP contribution in [0.1, 0.15) is 22.3 Å². The number of halogens is 2. The molecule has 0 heterocycles. The smallest absolute Gasteiger partial charge is 0.224 e. The van der Waals surface area contributed by atoms with E-state index in [1.54, 1.807) is 19.2 Å². The van der Waals surface area contributed by atoms with E-state index in [4.69, 9.17) is 0 Å². The van der Waals surface area contributed by atoms with Crippen LogP contribution in [0.2, 0.25) is 0 Å². The first-order valence-corrected chi connectivity index (χ1v) is 9.49. The number of carbonyl (C=O) groups is 1. The van der Waals surface area contributed by atoms with Crippen molar-refractivity contribution in [1.29, 1.82) is 0 Å². The quantitative estimate of drug-likeness (QED) is 0.221. The van der Waals surface area contributed by atoms with Gasteiger partial charge in [0.2, 0.25) is 5.91 Å². The monoisotopic (exact) mass is 512 g/mol. The van der Waals surface area contributed by atoms with Crippen LogP contribution in [0.4, 0.5) is 4.39 Å². The van der Waals surface area contributed by atoms with Gasteiger partial charge in [-0.2, -0.15) is 0 Å². The highest BCUT2D eigenvalue weighted by molar-refractivity contribution is 14.0. The molecule has 2 aromatic carbocycles. The zero-order valence-electron chi connectivity index (χ0n) is 17.2. The molecule has 29 heavy (non-hydrogen) atoms. The molecule has 3 N–H and O–H groups in total. The molecule has 0 aromatic heterocycles. The van der Waals surface area contributed by atoms with Gasteiger partial charge in [-0.15, -0.1) is 24.0 Å². The lowest BCUT2D eigenvalue weighted by Gasteiger charge is -2.13. The topological polar surface area (TPSA) is 65.5 Å². The average molecular weight is 512 g/mol. The van der Waals surface area contributed by atoms with Crippen molar-refractivity contribution >= 4 is 35.8 Å². The predicted octanol–water partition coefficient (Wildman–Crippen LogP) is 3.13. The van der Waals surface area contributed by atoms with Crippen molar-refractivity contribution in [2.24, 2.45) is 4.99 Å². The van der Waals surface area contributed by atoms with Crippen LogP contribution in [0.25, 0.3) is 0 Å². The number of nitrogens with zero attached hydrogens (tertiary/aromatic N) is 1. The Morgan fingerprint density at radius 1 is 0.931 bits per heavy atom. The van der Waals surface area contributed by atoms with E-state index in [2.05, 4.69) is 53.0 Å². The molecule has 5 nitrogen and oxygen atoms in total. The van der Waals surface area contributed by atoms with Gasteiger partial charge in [0.15, 0.2) is 5.96 Å². The molecule has 0 saturated carbocycles. The number of nitrogens with one attached hydrogen (secondary N) is 3. The molecule has 1 amide bonds. The molecule has 0 saturated heterocycles. The van der Waals surface area contributed by atoms with Crippen LogP contribution >= 0.6 is 24.0 Å². The van der Waals surface area contributed by atoms with Crippen molar-refractivity contribution in [3.8, 4) is 0 Å². The molecular weight excluding hydrogens is 482 g/mol. The Bertz CT molecular complexity index is 806. The highest BCUT2D eigenvalue weighted by Gasteiger charge is 2.04. The van der Waals surface area contributed by atoms with E-state index in [0.717, 1.165) is 13.0 Å². The minimum Gasteiger partial charge on any atom is -0.356 e. The second kappa shape index (κ2) is 13.1. The molecule has 0 fully saturated rings. The lowest BCUT2D eigenvalue weighted by atomic mass is 10.1. The van der Waals surface area contributed by atoms with Gasteiger partial charge in [0.1, 0.15) is 5.82 Å². The third kappa shape index (κ3) is 9.74. The fourth-order valence-electron chi connectivity index (χ4n) is 3.04. The number of hydrogen-bond acceptors (Lipinski definition) is 2. The van der Waals surface area contributed by atoms with Crippen LogP contribution in [-0.2, 0) is 17.6 Å². The van der Waals surface area contributed by atoms with Crippen molar-refractivity contribution in [3.05, 3.63) is 70.5 Å². The summed E-state index contributed by atoms with van der Waals surface area (Å²) in [7, 11) is 1.72. The summed E-state index contributed by atoms with van der Waals surface area (Å²) in [4.78, 5) is 16.1. The lowest BCUT2D eigenvalue weighted by Crippen LogP contribution is -2.42. The van der Waals surface area contributed by atoms with Crippen molar-refractivity contribution < 1.29 is 9.18 Å². The van der Waals surface area contributed by atoms with Crippen molar-refractivity contribution in [2.75, 3.05) is 26.7 Å². The lowest BCUT2D eigenvalue weighted by molar-refractivity contribution is -0.120. The number of aryl methyl sites for hydroxylation is 2. The Kier molecular flexibility index (Phi) is 11.3. The molecule has 158 valence electrons. The first-order valence-electron chi connectivity index (χ1n) is 9.49. The summed E-state index contributed by atoms with van der Waals surface area (Å²) in [5, 5.41) is 9.26. The first-order chi connectivity index (χ1) is 13.5. The summed E-state index contributed by atoms with van der Waals surface area (Å²) >= 11 is 0. The molecule has 2 rings (SSSR count). The fraction of sp³-hybridized carbons (Fsp3) is 0.364. The van der Waals surface area contributed by atoms with Gasteiger partial charge in [-0.05, 0) is 43.5 Å². The normalized spacial score (nSPS) is 10.8. The maximum absolute atomic E-state index is 13.1. The van der Waals surface area contributed by atoms with Gasteiger partial charge in [0.25, 0.3) is 0 Å². The third-order valence-corrected chi connectivity index (χ3v) is 4.20. The number of aliphatic imine (C=N–C) groups is 1. The van der Waals surface area contributed by atoms with Crippen LogP contribution in [0, 0.1) is 19.7 Å². The zero-order chi connectivity index (χ0) is 20.4. The maximum Gasteiger partial charge on any atom is 0.224 e. The van der Waals surface area contributed by atoms with E-state index in [1.165, 1.54) is 28.8 Å². The molecule has 0 atom stereocenters. The number of carbonyl (C=O) groups excluding carboxylic acids is 1. The van der Waals surface area contributed by atoms with Crippen LogP contribution in [0.3, 0.4) is 0 Å². The van der Waals surface area contributed by atoms with Gasteiger partial charge in [-0.1, -0.05) is 41.5 Å². The zero-order valence-corrected chi connectivity index (χ0v) is 19.5. The van der Waals surface area contributed by atoms with E-state index in [1.807, 2.05) is 0 Å². The molecule has 0 aliphatic rings. The largest absolute Gasteiger partial charge is 0.356 e. The molecule has 0 aliphatic heterocycles. The molecule has 2 aromatic rings. The molecule has 0 spiro atoms. The maximum atomic E-state index is 13.1. The summed E-state index contributed by atoms with van der Waals surface area (Å²) in [6, 6.07) is 12.6. The summed E-state index contributed by atoms with van der Waals surface area (Å²) in [6.07, 6.45) is 1.08. The minimum atomic E-state index is -0.331. The summed E-state index contributed by atoms with van der Waals surface area (Å²) < 4.78 is 13.1. The fourth-order valence-corrected chi connectivity index (χ4v) is 3.04. The number of amides is 1. The highest BCUT2D eigenvalue weighted by atomic mass is 127. The van der Waals surface area contributed by atoms with Crippen LogP contribution < -0.4 is 16.0 Å². The Morgan fingerprint density at radius 2 is 1.59 bits per heavy atom. The van der Waals surface area contributed by atoms with Gasteiger partial charge in [-0.25, -0.2) is 4.39 Å². The molecule has 0 radical (unpaired) electrons. The summed E-state index contributed by atoms with van der Waals surface area (Å²) in [5.74, 6) is 0.233. The van der Waals surface area contributed by atoms with Gasteiger partial charge < -0.3 is 16.0 Å². The summed E-state index contributed by atoms with van der Waals surface area (Å²) in [5.41, 5.74) is 4.50. The van der Waals surface area contributed by atoms with E-state index in [-0.39, 0.29) is 42.1 Å². The molecule has 7 heteroatoms. The molecule has 0 unspecified atom stereocenters. The van der Waals surface area contributed by atoms with Crippen molar-refractivity contribution in [3.63, 3.8) is 0 Å². The summed E-state index contributed by atoms with van der Waals surface area (Å²) in [6.45, 7) is 6.00. The van der Waals surface area contributed by atoms with Gasteiger partial charge >= 0.3 is 0 Å². The van der Waals surface area contributed by atoms with Crippen molar-refractivity contribution in [2.45, 2.75) is 26.7 Å². The minimum absolute atomic E-state index is 0. The van der Waals surface area contributed by atoms with E-state index < -0.39 is 0 Å². The van der Waals surface area contributed by atoms with Gasteiger partial charge in [0, 0.05) is 26.7 Å². The molecular formula is C22H30FIN4O. The second-order valence-corrected chi connectivity index (χ2v) is 6.83. The van der Waals surface area contributed by atoms with E-state index in [9.17, 15) is 9.18 Å². The third-order valence-electron chi connectivity index (χ3n) is 4.20. The van der Waals surface area contributed by atoms with E-state index >= 15 is 0 Å². The first kappa shape index (κ1) is 24.9. The predicted molar refractivity (Wildman–Crippen MR) is 128 cm³/mol. The number of hydrogen-bond donors (Lipinski definition) is 3. The van der Waals surface area contributed by atoms with Crippen molar-refractivity contribution in [1.82, 2.24) is 16.0 Å². The number of guanidine groups is 1. The number of rotatable bonds is 8. The van der Waals surface area contributed by atoms with Gasteiger partial charge in [-0.3, -0.25) is 9.79 Å². The van der Waals surface area contributed by atoms with Crippen LogP contribution in [0.5, 0.6) is 0 Å². The highest BCUT2D eigenvalue weighted by Crippen LogP contribution is 2.09. The van der Waals surface area contributed by atoms with Gasteiger partial charge in [0.05, 0.1) is 6.42 Å². The Hall–Kier alpha value is -2.16. The molecule has 0 aliphatic carbocycles. The molecule has 0 bridgehead atoms. The Morgan fingerprint density at radius 3 is 2.24 bits per heavy atom. The van der Waals surface area contributed by atoms with Crippen LogP contribution in [-0.4, -0.2) is 38.5 Å². The van der Waals surface area contributed by atoms with E-state index in [0.29, 0.717) is 24.6 Å². The standard InChI is InChI=1S/C22H29FN4O.HI/c1-16-11-17(2)13-19(12-16)7-8-26-22(24-3)27-10-9-25-21(28)15-18-5-4-6-20(23)14-18;/h4-6,11-14H,7-10,15H2,1-3H3,(H,25,28)(H2,24,26,27);1H. The SMILES string of the molecule is CN=C(NCCNC(=O)Cc1cccc(F)c1)NCCc1cc(C)cc(C)c1.I. The van der Waals surface area contributed by atoms with Crippen LogP contribution in [0.15, 0.2) is 47.5 Å². The second-order valence-electron chi connectivity index (χ2n) is 6.83. The Balaban J connectivity index is 0.00000420. The number of benzene rings is 2. The average Bonchev–Trinajstić information content (AvgIpc) is 2.63.